The van der Waals surface area contributed by atoms with Crippen molar-refractivity contribution in [2.75, 3.05) is 17.7 Å². The van der Waals surface area contributed by atoms with Crippen molar-refractivity contribution in [1.82, 2.24) is 9.97 Å². The van der Waals surface area contributed by atoms with E-state index >= 15 is 0 Å². The van der Waals surface area contributed by atoms with Crippen LogP contribution < -0.4 is 15.8 Å². The highest BCUT2D eigenvalue weighted by molar-refractivity contribution is 6.00. The first kappa shape index (κ1) is 19.2. The standard InChI is InChI=1S/C23H26N4O2/c1-4-14-10-22(29-5-2)26-11-18(14)15-7-16-9-21(25-12-19(16)20(24)8-15)27-23(28)17-6-13(17)3/h7-13,17H,4-6,24H2,1-3H3,(H,25,27,28)/t13-,17-/m1/s1. The van der Waals surface area contributed by atoms with Crippen molar-refractivity contribution in [2.45, 2.75) is 33.6 Å². The van der Waals surface area contributed by atoms with Gasteiger partial charge >= 0.3 is 0 Å². The molecule has 1 saturated carbocycles. The van der Waals surface area contributed by atoms with Crippen LogP contribution in [0.25, 0.3) is 21.9 Å². The van der Waals surface area contributed by atoms with E-state index < -0.39 is 0 Å². The number of aryl methyl sites for hydroxylation is 1. The number of fused-ring (bicyclic) bond motifs is 1. The first-order valence-corrected chi connectivity index (χ1v) is 10.1. The van der Waals surface area contributed by atoms with Crippen LogP contribution in [0.2, 0.25) is 0 Å². The molecule has 1 aliphatic carbocycles. The summed E-state index contributed by atoms with van der Waals surface area (Å²) in [6, 6.07) is 7.88. The molecule has 3 N–H and O–H groups in total. The zero-order valence-corrected chi connectivity index (χ0v) is 17.0. The zero-order chi connectivity index (χ0) is 20.5. The number of pyridine rings is 2. The highest BCUT2D eigenvalue weighted by Gasteiger charge is 2.39. The molecule has 1 aromatic carbocycles. The van der Waals surface area contributed by atoms with Gasteiger partial charge in [-0.15, -0.1) is 0 Å². The topological polar surface area (TPSA) is 90.1 Å². The number of aromatic nitrogens is 2. The van der Waals surface area contributed by atoms with Crippen LogP contribution in [0.1, 0.15) is 32.8 Å². The van der Waals surface area contributed by atoms with Crippen LogP contribution in [0.3, 0.4) is 0 Å². The van der Waals surface area contributed by atoms with E-state index in [2.05, 4.69) is 35.2 Å². The molecule has 0 spiro atoms. The number of nitrogens with two attached hydrogens (primary N) is 1. The first-order valence-electron chi connectivity index (χ1n) is 10.1. The van der Waals surface area contributed by atoms with Crippen molar-refractivity contribution in [2.24, 2.45) is 11.8 Å². The second-order valence-corrected chi connectivity index (χ2v) is 7.63. The van der Waals surface area contributed by atoms with Crippen LogP contribution in [0, 0.1) is 11.8 Å². The summed E-state index contributed by atoms with van der Waals surface area (Å²) < 4.78 is 5.53. The number of carbonyl (C=O) groups is 1. The maximum atomic E-state index is 12.2. The highest BCUT2D eigenvalue weighted by atomic mass is 16.5. The highest BCUT2D eigenvalue weighted by Crippen LogP contribution is 2.38. The van der Waals surface area contributed by atoms with E-state index in [0.29, 0.717) is 29.9 Å². The Bertz CT molecular complexity index is 1080. The molecule has 0 saturated heterocycles. The van der Waals surface area contributed by atoms with Crippen molar-refractivity contribution >= 4 is 28.2 Å². The van der Waals surface area contributed by atoms with Crippen LogP contribution in [0.5, 0.6) is 5.88 Å². The third kappa shape index (κ3) is 3.88. The molecule has 0 radical (unpaired) electrons. The summed E-state index contributed by atoms with van der Waals surface area (Å²) in [5, 5.41) is 4.73. The van der Waals surface area contributed by atoms with Gasteiger partial charge in [0.15, 0.2) is 0 Å². The largest absolute Gasteiger partial charge is 0.478 e. The minimum atomic E-state index is 0.0393. The van der Waals surface area contributed by atoms with Crippen molar-refractivity contribution in [1.29, 1.82) is 0 Å². The predicted octanol–water partition coefficient (Wildman–Crippen LogP) is 4.43. The average molecular weight is 390 g/mol. The van der Waals surface area contributed by atoms with E-state index in [1.165, 1.54) is 0 Å². The van der Waals surface area contributed by atoms with Gasteiger partial charge in [0.2, 0.25) is 11.8 Å². The normalized spacial score (nSPS) is 17.9. The summed E-state index contributed by atoms with van der Waals surface area (Å²) in [5.41, 5.74) is 10.1. The van der Waals surface area contributed by atoms with Crippen LogP contribution in [0.15, 0.2) is 36.7 Å². The van der Waals surface area contributed by atoms with Gasteiger partial charge in [-0.2, -0.15) is 0 Å². The van der Waals surface area contributed by atoms with E-state index in [1.54, 1.807) is 6.20 Å². The van der Waals surface area contributed by atoms with Crippen molar-refractivity contribution in [3.05, 3.63) is 42.2 Å². The molecule has 1 amide bonds. The molecule has 150 valence electrons. The van der Waals surface area contributed by atoms with Gasteiger partial charge in [0, 0.05) is 41.0 Å². The van der Waals surface area contributed by atoms with Crippen molar-refractivity contribution < 1.29 is 9.53 Å². The molecule has 4 rings (SSSR count). The molecule has 6 heteroatoms. The smallest absolute Gasteiger partial charge is 0.228 e. The minimum absolute atomic E-state index is 0.0393. The number of rotatable bonds is 6. The Morgan fingerprint density at radius 1 is 1.21 bits per heavy atom. The molecule has 2 heterocycles. The molecule has 6 nitrogen and oxygen atoms in total. The fourth-order valence-corrected chi connectivity index (χ4v) is 3.67. The monoisotopic (exact) mass is 390 g/mol. The summed E-state index contributed by atoms with van der Waals surface area (Å²) in [6.45, 7) is 6.72. The molecule has 29 heavy (non-hydrogen) atoms. The van der Waals surface area contributed by atoms with Gasteiger partial charge in [0.05, 0.1) is 6.61 Å². The van der Waals surface area contributed by atoms with Gasteiger partial charge in [-0.3, -0.25) is 4.79 Å². The van der Waals surface area contributed by atoms with Crippen molar-refractivity contribution in [3.8, 4) is 17.0 Å². The number of nitrogen functional groups attached to an aromatic ring is 1. The molecule has 3 aromatic rings. The van der Waals surface area contributed by atoms with E-state index in [1.807, 2.05) is 31.3 Å². The third-order valence-corrected chi connectivity index (χ3v) is 5.52. The lowest BCUT2D eigenvalue weighted by Gasteiger charge is -2.13. The molecular formula is C23H26N4O2. The molecule has 2 aromatic heterocycles. The van der Waals surface area contributed by atoms with E-state index in [-0.39, 0.29) is 11.8 Å². The number of nitrogens with one attached hydrogen (secondary N) is 1. The quantitative estimate of drug-likeness (QED) is 0.608. The number of anilines is 2. The summed E-state index contributed by atoms with van der Waals surface area (Å²) in [5.74, 6) is 1.78. The SMILES string of the molecule is CCOc1cc(CC)c(-c2cc(N)c3cnc(NC(=O)[C@@H]4C[C@H]4C)cc3c2)cn1. The summed E-state index contributed by atoms with van der Waals surface area (Å²) in [7, 11) is 0. The van der Waals surface area contributed by atoms with Crippen LogP contribution in [-0.4, -0.2) is 22.5 Å². The lowest BCUT2D eigenvalue weighted by molar-refractivity contribution is -0.117. The number of benzene rings is 1. The Kier molecular flexibility index (Phi) is 5.09. The summed E-state index contributed by atoms with van der Waals surface area (Å²) >= 11 is 0. The van der Waals surface area contributed by atoms with E-state index in [4.69, 9.17) is 10.5 Å². The second kappa shape index (κ2) is 7.70. The van der Waals surface area contributed by atoms with Gasteiger partial charge in [-0.25, -0.2) is 9.97 Å². The van der Waals surface area contributed by atoms with Gasteiger partial charge in [0.25, 0.3) is 0 Å². The Balaban J connectivity index is 1.71. The molecule has 1 aliphatic rings. The molecule has 0 aliphatic heterocycles. The van der Waals surface area contributed by atoms with Gasteiger partial charge in [-0.1, -0.05) is 13.8 Å². The molecular weight excluding hydrogens is 364 g/mol. The fourth-order valence-electron chi connectivity index (χ4n) is 3.67. The maximum Gasteiger partial charge on any atom is 0.228 e. The number of hydrogen-bond donors (Lipinski definition) is 2. The first-order chi connectivity index (χ1) is 14.0. The molecule has 0 unspecified atom stereocenters. The zero-order valence-electron chi connectivity index (χ0n) is 17.0. The summed E-state index contributed by atoms with van der Waals surface area (Å²) in [4.78, 5) is 21.0. The Morgan fingerprint density at radius 2 is 2.00 bits per heavy atom. The van der Waals surface area contributed by atoms with Gasteiger partial charge in [-0.05, 0) is 60.4 Å². The number of hydrogen-bond acceptors (Lipinski definition) is 5. The van der Waals surface area contributed by atoms with Crippen molar-refractivity contribution in [3.63, 3.8) is 0 Å². The average Bonchev–Trinajstić information content (AvgIpc) is 3.44. The van der Waals surface area contributed by atoms with E-state index in [0.717, 1.165) is 40.3 Å². The number of carbonyl (C=O) groups excluding carboxylic acids is 1. The third-order valence-electron chi connectivity index (χ3n) is 5.52. The van der Waals surface area contributed by atoms with Crippen LogP contribution >= 0.6 is 0 Å². The van der Waals surface area contributed by atoms with Gasteiger partial charge in [0.1, 0.15) is 5.82 Å². The predicted molar refractivity (Wildman–Crippen MR) is 116 cm³/mol. The second-order valence-electron chi connectivity index (χ2n) is 7.63. The minimum Gasteiger partial charge on any atom is -0.478 e. The summed E-state index contributed by atoms with van der Waals surface area (Å²) in [6.07, 6.45) is 5.36. The Morgan fingerprint density at radius 3 is 2.69 bits per heavy atom. The molecule has 0 bridgehead atoms. The number of ether oxygens (including phenoxy) is 1. The van der Waals surface area contributed by atoms with Crippen LogP contribution in [-0.2, 0) is 11.2 Å². The van der Waals surface area contributed by atoms with Crippen LogP contribution in [0.4, 0.5) is 11.5 Å². The molecule has 2 atom stereocenters. The van der Waals surface area contributed by atoms with E-state index in [9.17, 15) is 4.79 Å². The van der Waals surface area contributed by atoms with Gasteiger partial charge < -0.3 is 15.8 Å². The lowest BCUT2D eigenvalue weighted by atomic mass is 9.97. The molecule has 1 fully saturated rings. The lowest BCUT2D eigenvalue weighted by Crippen LogP contribution is -2.15. The fraction of sp³-hybridized carbons (Fsp3) is 0.348. The maximum absolute atomic E-state index is 12.2. The number of amides is 1. The number of nitrogens with zero attached hydrogens (tertiary/aromatic N) is 2. The Labute approximate surface area is 170 Å². The Hall–Kier alpha value is -3.15.